The van der Waals surface area contributed by atoms with E-state index in [1.807, 2.05) is 6.92 Å². The minimum atomic E-state index is -0.518. The summed E-state index contributed by atoms with van der Waals surface area (Å²) in [5.74, 6) is -1.01. The molecule has 90 valence electrons. The lowest BCUT2D eigenvalue weighted by Gasteiger charge is -2.03. The Morgan fingerprint density at radius 1 is 1.17 bits per heavy atom. The first kappa shape index (κ1) is 13.4. The Labute approximate surface area is 103 Å². The number of nitrogens with zero attached hydrogens (tertiary/aromatic N) is 4. The van der Waals surface area contributed by atoms with Crippen molar-refractivity contribution in [2.75, 3.05) is 0 Å². The third-order valence-electron chi connectivity index (χ3n) is 2.39. The molecule has 6 nitrogen and oxygen atoms in total. The average molecular weight is 242 g/mol. The van der Waals surface area contributed by atoms with Crippen LogP contribution >= 0.6 is 0 Å². The third-order valence-corrected chi connectivity index (χ3v) is 2.39. The number of hydrogen-bond acceptors (Lipinski definition) is 2. The predicted molar refractivity (Wildman–Crippen MR) is 63.8 cm³/mol. The molecule has 0 fully saturated rings. The molecule has 0 heterocycles. The van der Waals surface area contributed by atoms with Crippen molar-refractivity contribution < 1.29 is 19.2 Å². The van der Waals surface area contributed by atoms with Gasteiger partial charge in [0.2, 0.25) is 0 Å². The van der Waals surface area contributed by atoms with Gasteiger partial charge in [-0.05, 0) is 18.1 Å². The molecule has 0 aromatic heterocycles. The molecule has 0 aliphatic heterocycles. The van der Waals surface area contributed by atoms with E-state index in [4.69, 9.17) is 11.1 Å². The fourth-order valence-electron chi connectivity index (χ4n) is 1.52. The monoisotopic (exact) mass is 242 g/mol. The van der Waals surface area contributed by atoms with Crippen LogP contribution in [0.5, 0.6) is 0 Å². The van der Waals surface area contributed by atoms with E-state index >= 15 is 0 Å². The number of carbonyl (C=O) groups excluding carboxylic acids is 2. The summed E-state index contributed by atoms with van der Waals surface area (Å²) in [5.41, 5.74) is 17.9. The van der Waals surface area contributed by atoms with E-state index in [2.05, 4.69) is 9.58 Å². The Balaban J connectivity index is 3.33. The summed E-state index contributed by atoms with van der Waals surface area (Å²) >= 11 is 0. The Morgan fingerprint density at radius 2 is 1.78 bits per heavy atom. The summed E-state index contributed by atoms with van der Waals surface area (Å²) in [7, 11) is 0. The molecule has 0 saturated carbocycles. The van der Waals surface area contributed by atoms with E-state index in [0.717, 1.165) is 18.0 Å². The van der Waals surface area contributed by atoms with Crippen LogP contribution in [0.1, 0.15) is 33.2 Å². The second kappa shape index (κ2) is 6.15. The average Bonchev–Trinajstić information content (AvgIpc) is 2.38. The first-order valence-electron chi connectivity index (χ1n) is 5.20. The van der Waals surface area contributed by atoms with Crippen molar-refractivity contribution >= 4 is 24.0 Å². The van der Waals surface area contributed by atoms with Crippen molar-refractivity contribution in [3.05, 3.63) is 46.0 Å². The maximum Gasteiger partial charge on any atom is 0.328 e. The molecular weight excluding hydrogens is 232 g/mol. The van der Waals surface area contributed by atoms with Gasteiger partial charge in [0.15, 0.2) is 0 Å². The molecule has 6 heteroatoms. The lowest BCUT2D eigenvalue weighted by molar-refractivity contribution is 0.00222. The molecule has 1 aromatic rings. The van der Waals surface area contributed by atoms with E-state index in [-0.39, 0.29) is 11.1 Å². The Bertz CT molecular complexity index is 594. The van der Waals surface area contributed by atoms with Crippen molar-refractivity contribution in [3.8, 4) is 0 Å². The number of carbonyl (C=O) groups is 2. The maximum absolute atomic E-state index is 11.7. The number of ketones is 2. The quantitative estimate of drug-likeness (QED) is 0.335. The van der Waals surface area contributed by atoms with E-state index in [1.165, 1.54) is 12.1 Å². The van der Waals surface area contributed by atoms with Gasteiger partial charge in [0.1, 0.15) is 0 Å². The SMILES string of the molecule is CCc1ccc(C(=O)C=[N+]=[N-])cc1C(=O)C=[N+]=[N-]. The van der Waals surface area contributed by atoms with Crippen LogP contribution in [0.3, 0.4) is 0 Å². The summed E-state index contributed by atoms with van der Waals surface area (Å²) in [6.45, 7) is 1.86. The number of benzene rings is 1. The molecule has 1 rings (SSSR count). The van der Waals surface area contributed by atoms with Gasteiger partial charge in [0.25, 0.3) is 11.6 Å². The van der Waals surface area contributed by atoms with Crippen LogP contribution in [0.25, 0.3) is 11.1 Å². The zero-order valence-electron chi connectivity index (χ0n) is 9.70. The molecule has 18 heavy (non-hydrogen) atoms. The van der Waals surface area contributed by atoms with Crippen LogP contribution in [0.2, 0.25) is 0 Å². The van der Waals surface area contributed by atoms with Crippen molar-refractivity contribution in [2.24, 2.45) is 0 Å². The molecule has 1 aromatic carbocycles. The van der Waals surface area contributed by atoms with Crippen LogP contribution < -0.4 is 0 Å². The first-order valence-corrected chi connectivity index (χ1v) is 5.20. The van der Waals surface area contributed by atoms with Crippen molar-refractivity contribution in [3.63, 3.8) is 0 Å². The standard InChI is InChI=1S/C12H10N4O2/c1-2-8-3-4-9(11(17)6-15-13)5-10(8)12(18)7-16-14/h3-7H,2H2,1H3. The van der Waals surface area contributed by atoms with E-state index < -0.39 is 11.6 Å². The van der Waals surface area contributed by atoms with E-state index in [1.54, 1.807) is 6.07 Å². The second-order valence-electron chi connectivity index (χ2n) is 3.44. The molecule has 0 unspecified atom stereocenters. The highest BCUT2D eigenvalue weighted by atomic mass is 16.1. The predicted octanol–water partition coefficient (Wildman–Crippen LogP) is 1.22. The number of Topliss-reactive ketones (excluding diaryl/α,β-unsaturated/α-hetero) is 2. The largest absolute Gasteiger partial charge is 0.361 e. The summed E-state index contributed by atoms with van der Waals surface area (Å²) < 4.78 is 0. The van der Waals surface area contributed by atoms with Gasteiger partial charge in [-0.2, -0.15) is 9.58 Å². The van der Waals surface area contributed by atoms with Crippen LogP contribution in [0, 0.1) is 0 Å². The van der Waals surface area contributed by atoms with Crippen LogP contribution in [0.15, 0.2) is 18.2 Å². The number of hydrogen-bond donors (Lipinski definition) is 0. The van der Waals surface area contributed by atoms with Crippen LogP contribution in [-0.2, 0) is 6.42 Å². The summed E-state index contributed by atoms with van der Waals surface area (Å²) in [5, 5.41) is 0. The van der Waals surface area contributed by atoms with Crippen molar-refractivity contribution in [1.29, 1.82) is 0 Å². The Kier molecular flexibility index (Phi) is 4.58. The lowest BCUT2D eigenvalue weighted by atomic mass is 9.97. The third kappa shape index (κ3) is 2.92. The molecule has 0 amide bonds. The molecule has 0 spiro atoms. The molecule has 0 N–H and O–H groups in total. The summed E-state index contributed by atoms with van der Waals surface area (Å²) in [6, 6.07) is 4.56. The van der Waals surface area contributed by atoms with Crippen LogP contribution in [-0.4, -0.2) is 33.6 Å². The van der Waals surface area contributed by atoms with Gasteiger partial charge in [-0.1, -0.05) is 19.1 Å². The highest BCUT2D eigenvalue weighted by molar-refractivity contribution is 6.36. The highest BCUT2D eigenvalue weighted by Crippen LogP contribution is 2.13. The molecular formula is C12H10N4O2. The highest BCUT2D eigenvalue weighted by Gasteiger charge is 2.16. The molecule has 0 aliphatic carbocycles. The van der Waals surface area contributed by atoms with Crippen molar-refractivity contribution in [2.45, 2.75) is 13.3 Å². The van der Waals surface area contributed by atoms with Gasteiger partial charge in [-0.3, -0.25) is 9.59 Å². The molecule has 0 aliphatic rings. The second-order valence-corrected chi connectivity index (χ2v) is 3.44. The normalized spacial score (nSPS) is 8.94. The fraction of sp³-hybridized carbons (Fsp3) is 0.167. The van der Waals surface area contributed by atoms with E-state index in [0.29, 0.717) is 6.42 Å². The van der Waals surface area contributed by atoms with E-state index in [9.17, 15) is 9.59 Å². The van der Waals surface area contributed by atoms with Gasteiger partial charge in [0.05, 0.1) is 0 Å². The molecule has 0 radical (unpaired) electrons. The fourth-order valence-corrected chi connectivity index (χ4v) is 1.52. The van der Waals surface area contributed by atoms with Crippen molar-refractivity contribution in [1.82, 2.24) is 0 Å². The van der Waals surface area contributed by atoms with Gasteiger partial charge in [-0.15, -0.1) is 0 Å². The minimum Gasteiger partial charge on any atom is -0.361 e. The maximum atomic E-state index is 11.7. The zero-order valence-corrected chi connectivity index (χ0v) is 9.70. The lowest BCUT2D eigenvalue weighted by Crippen LogP contribution is -2.09. The summed E-state index contributed by atoms with van der Waals surface area (Å²) in [6.07, 6.45) is 2.11. The minimum absolute atomic E-state index is 0.222. The molecule has 0 saturated heterocycles. The zero-order chi connectivity index (χ0) is 13.5. The van der Waals surface area contributed by atoms with Gasteiger partial charge >= 0.3 is 12.4 Å². The topological polar surface area (TPSA) is 107 Å². The Morgan fingerprint density at radius 3 is 2.33 bits per heavy atom. The van der Waals surface area contributed by atoms with Gasteiger partial charge in [0, 0.05) is 11.1 Å². The first-order chi connectivity index (χ1) is 8.63. The molecule has 0 atom stereocenters. The molecule has 0 bridgehead atoms. The van der Waals surface area contributed by atoms with Gasteiger partial charge in [-0.25, -0.2) is 0 Å². The van der Waals surface area contributed by atoms with Gasteiger partial charge < -0.3 is 11.1 Å². The Hall–Kier alpha value is -2.68. The summed E-state index contributed by atoms with van der Waals surface area (Å²) in [4.78, 5) is 28.4. The number of rotatable bonds is 5. The smallest absolute Gasteiger partial charge is 0.328 e. The van der Waals surface area contributed by atoms with Crippen LogP contribution in [0.4, 0.5) is 0 Å². The number of aryl methyl sites for hydroxylation is 1.